The Labute approximate surface area is 124 Å². The molecule has 2 aliphatic rings. The molecule has 5 unspecified atom stereocenters. The number of carbonyl (C=O) groups excluding carboxylic acids is 1. The molecule has 1 aliphatic heterocycles. The molecule has 20 heavy (non-hydrogen) atoms. The van der Waals surface area contributed by atoms with Crippen LogP contribution in [0.5, 0.6) is 0 Å². The van der Waals surface area contributed by atoms with E-state index in [-0.39, 0.29) is 11.7 Å². The Hall–Kier alpha value is -0.570. The number of nitrogens with one attached hydrogen (secondary N) is 1. The van der Waals surface area contributed by atoms with Crippen molar-refractivity contribution < 1.29 is 4.79 Å². The van der Waals surface area contributed by atoms with Gasteiger partial charge in [0.25, 0.3) is 0 Å². The van der Waals surface area contributed by atoms with Crippen molar-refractivity contribution in [3.8, 4) is 0 Å². The summed E-state index contributed by atoms with van der Waals surface area (Å²) in [5, 5.41) is 3.62. The first kappa shape index (κ1) is 15.8. The number of hydrogen-bond donors (Lipinski definition) is 1. The van der Waals surface area contributed by atoms with Crippen molar-refractivity contribution in [2.75, 3.05) is 0 Å². The molecule has 1 amide bonds. The van der Waals surface area contributed by atoms with Crippen LogP contribution in [0.4, 0.5) is 0 Å². The second-order valence-corrected chi connectivity index (χ2v) is 7.40. The van der Waals surface area contributed by atoms with Crippen molar-refractivity contribution in [2.45, 2.75) is 85.0 Å². The van der Waals surface area contributed by atoms with Crippen LogP contribution in [-0.4, -0.2) is 28.6 Å². The van der Waals surface area contributed by atoms with Gasteiger partial charge in [-0.1, -0.05) is 41.0 Å². The number of hydrogen-bond acceptors (Lipinski definition) is 2. The molecule has 0 aromatic rings. The Morgan fingerprint density at radius 2 is 2.00 bits per heavy atom. The summed E-state index contributed by atoms with van der Waals surface area (Å²) >= 11 is 0. The molecule has 5 atom stereocenters. The smallest absolute Gasteiger partial charge is 0.244 e. The predicted molar refractivity (Wildman–Crippen MR) is 83.3 cm³/mol. The summed E-state index contributed by atoms with van der Waals surface area (Å²) in [5.74, 6) is 2.20. The van der Waals surface area contributed by atoms with Gasteiger partial charge >= 0.3 is 0 Å². The first-order valence-electron chi connectivity index (χ1n) is 8.46. The lowest BCUT2D eigenvalue weighted by Crippen LogP contribution is -2.48. The molecule has 2 rings (SSSR count). The summed E-state index contributed by atoms with van der Waals surface area (Å²) < 4.78 is 0. The third kappa shape index (κ3) is 2.38. The zero-order valence-electron chi connectivity index (χ0n) is 14.1. The molecule has 3 nitrogen and oxygen atoms in total. The van der Waals surface area contributed by atoms with E-state index in [0.29, 0.717) is 23.8 Å². The van der Waals surface area contributed by atoms with Crippen LogP contribution in [0.25, 0.3) is 0 Å². The third-order valence-corrected chi connectivity index (χ3v) is 5.88. The molecular formula is C17H32N2O. The molecule has 1 saturated heterocycles. The summed E-state index contributed by atoms with van der Waals surface area (Å²) in [6.07, 6.45) is 4.76. The second-order valence-electron chi connectivity index (χ2n) is 7.40. The van der Waals surface area contributed by atoms with E-state index in [0.717, 1.165) is 12.3 Å². The zero-order chi connectivity index (χ0) is 15.1. The molecule has 116 valence electrons. The molecule has 0 radical (unpaired) electrons. The van der Waals surface area contributed by atoms with Gasteiger partial charge < -0.3 is 4.90 Å². The summed E-state index contributed by atoms with van der Waals surface area (Å²) in [6, 6.07) is 0.431. The molecule has 0 aromatic heterocycles. The van der Waals surface area contributed by atoms with Crippen molar-refractivity contribution >= 4 is 5.91 Å². The number of amides is 1. The molecule has 0 bridgehead atoms. The first-order chi connectivity index (χ1) is 9.35. The van der Waals surface area contributed by atoms with Crippen LogP contribution in [0.1, 0.15) is 67.2 Å². The Morgan fingerprint density at radius 3 is 2.45 bits per heavy atom. The topological polar surface area (TPSA) is 32.3 Å². The standard InChI is InChI=1S/C17H32N2O/c1-7-13-9-10-14(12(13)5)19-15(11(3)4)18-17(6,8-2)16(19)20/h11-15,18H,7-10H2,1-6H3. The fraction of sp³-hybridized carbons (Fsp3) is 0.941. The van der Waals surface area contributed by atoms with Crippen LogP contribution in [0.15, 0.2) is 0 Å². The van der Waals surface area contributed by atoms with Gasteiger partial charge in [-0.15, -0.1) is 0 Å². The Balaban J connectivity index is 2.26. The van der Waals surface area contributed by atoms with Gasteiger partial charge in [0, 0.05) is 6.04 Å². The van der Waals surface area contributed by atoms with E-state index in [1.807, 2.05) is 0 Å². The van der Waals surface area contributed by atoms with E-state index in [1.54, 1.807) is 0 Å². The summed E-state index contributed by atoms with van der Waals surface area (Å²) in [5.41, 5.74) is -0.362. The quantitative estimate of drug-likeness (QED) is 0.856. The lowest BCUT2D eigenvalue weighted by Gasteiger charge is -2.35. The van der Waals surface area contributed by atoms with Gasteiger partial charge in [0.2, 0.25) is 5.91 Å². The lowest BCUT2D eigenvalue weighted by molar-refractivity contribution is -0.136. The van der Waals surface area contributed by atoms with Gasteiger partial charge in [-0.3, -0.25) is 10.1 Å². The fourth-order valence-electron chi connectivity index (χ4n) is 4.16. The normalized spacial score (nSPS) is 42.0. The Bertz CT molecular complexity index is 368. The number of rotatable bonds is 4. The summed E-state index contributed by atoms with van der Waals surface area (Å²) in [6.45, 7) is 13.2. The van der Waals surface area contributed by atoms with E-state index in [4.69, 9.17) is 0 Å². The van der Waals surface area contributed by atoms with Gasteiger partial charge in [0.15, 0.2) is 0 Å². The predicted octanol–water partition coefficient (Wildman–Crippen LogP) is 3.39. The maximum Gasteiger partial charge on any atom is 0.244 e. The SMILES string of the molecule is CCC1CCC(N2C(=O)C(C)(CC)NC2C(C)C)C1C. The highest BCUT2D eigenvalue weighted by Gasteiger charge is 2.52. The highest BCUT2D eigenvalue weighted by Crippen LogP contribution is 2.41. The van der Waals surface area contributed by atoms with Crippen LogP contribution in [0.3, 0.4) is 0 Å². The number of carbonyl (C=O) groups is 1. The van der Waals surface area contributed by atoms with E-state index in [1.165, 1.54) is 19.3 Å². The molecule has 0 aromatic carbocycles. The number of nitrogens with zero attached hydrogens (tertiary/aromatic N) is 1. The molecular weight excluding hydrogens is 248 g/mol. The van der Waals surface area contributed by atoms with Crippen molar-refractivity contribution in [3.05, 3.63) is 0 Å². The van der Waals surface area contributed by atoms with Crippen LogP contribution in [0, 0.1) is 17.8 Å². The van der Waals surface area contributed by atoms with Gasteiger partial charge in [0.05, 0.1) is 11.7 Å². The maximum atomic E-state index is 13.0. The van der Waals surface area contributed by atoms with Crippen LogP contribution >= 0.6 is 0 Å². The summed E-state index contributed by atoms with van der Waals surface area (Å²) in [7, 11) is 0. The van der Waals surface area contributed by atoms with Gasteiger partial charge in [-0.2, -0.15) is 0 Å². The monoisotopic (exact) mass is 280 g/mol. The van der Waals surface area contributed by atoms with Crippen LogP contribution in [-0.2, 0) is 4.79 Å². The molecule has 2 fully saturated rings. The third-order valence-electron chi connectivity index (χ3n) is 5.88. The highest BCUT2D eigenvalue weighted by molar-refractivity contribution is 5.88. The van der Waals surface area contributed by atoms with E-state index in [9.17, 15) is 4.79 Å². The molecule has 1 aliphatic carbocycles. The van der Waals surface area contributed by atoms with Gasteiger partial charge in [0.1, 0.15) is 0 Å². The average molecular weight is 280 g/mol. The average Bonchev–Trinajstić information content (AvgIpc) is 2.90. The zero-order valence-corrected chi connectivity index (χ0v) is 14.1. The minimum atomic E-state index is -0.362. The first-order valence-corrected chi connectivity index (χ1v) is 8.46. The Kier molecular flexibility index (Phi) is 4.48. The van der Waals surface area contributed by atoms with Gasteiger partial charge in [-0.05, 0) is 43.9 Å². The summed E-state index contributed by atoms with van der Waals surface area (Å²) in [4.78, 5) is 15.2. The minimum absolute atomic E-state index is 0.204. The minimum Gasteiger partial charge on any atom is -0.322 e. The van der Waals surface area contributed by atoms with Crippen LogP contribution < -0.4 is 5.32 Å². The maximum absolute atomic E-state index is 13.0. The largest absolute Gasteiger partial charge is 0.322 e. The van der Waals surface area contributed by atoms with E-state index >= 15 is 0 Å². The van der Waals surface area contributed by atoms with Crippen molar-refractivity contribution in [2.24, 2.45) is 17.8 Å². The molecule has 3 heteroatoms. The molecule has 0 spiro atoms. The molecule has 1 saturated carbocycles. The highest BCUT2D eigenvalue weighted by atomic mass is 16.2. The lowest BCUT2D eigenvalue weighted by atomic mass is 9.91. The van der Waals surface area contributed by atoms with Crippen molar-refractivity contribution in [3.63, 3.8) is 0 Å². The van der Waals surface area contributed by atoms with Crippen LogP contribution in [0.2, 0.25) is 0 Å². The molecule has 1 N–H and O–H groups in total. The van der Waals surface area contributed by atoms with Crippen molar-refractivity contribution in [1.29, 1.82) is 0 Å². The van der Waals surface area contributed by atoms with E-state index in [2.05, 4.69) is 51.8 Å². The fourth-order valence-corrected chi connectivity index (χ4v) is 4.16. The Morgan fingerprint density at radius 1 is 1.35 bits per heavy atom. The van der Waals surface area contributed by atoms with Gasteiger partial charge in [-0.25, -0.2) is 0 Å². The van der Waals surface area contributed by atoms with Crippen molar-refractivity contribution in [1.82, 2.24) is 10.2 Å². The second kappa shape index (κ2) is 5.67. The van der Waals surface area contributed by atoms with E-state index < -0.39 is 0 Å². The molecule has 1 heterocycles.